The zero-order valence-corrected chi connectivity index (χ0v) is 13.2. The maximum Gasteiger partial charge on any atom is 0.231 e. The molecule has 5 nitrogen and oxygen atoms in total. The minimum Gasteiger partial charge on any atom is -0.354 e. The molecule has 108 valence electrons. The van der Waals surface area contributed by atoms with Crippen LogP contribution in [-0.4, -0.2) is 34.6 Å². The highest BCUT2D eigenvalue weighted by Crippen LogP contribution is 2.16. The molecule has 0 saturated carbocycles. The summed E-state index contributed by atoms with van der Waals surface area (Å²) < 4.78 is 0. The molecule has 1 aromatic rings. The number of nitrogens with zero attached hydrogens (tertiary/aromatic N) is 4. The molecule has 0 amide bonds. The average Bonchev–Trinajstić information content (AvgIpc) is 2.26. The highest BCUT2D eigenvalue weighted by molar-refractivity contribution is 6.28. The summed E-state index contributed by atoms with van der Waals surface area (Å²) in [6.07, 6.45) is 0. The maximum atomic E-state index is 5.97. The monoisotopic (exact) mass is 285 g/mol. The molecule has 1 N–H and O–H groups in total. The van der Waals surface area contributed by atoms with Crippen LogP contribution in [0.4, 0.5) is 11.9 Å². The molecule has 6 heteroatoms. The lowest BCUT2D eigenvalue weighted by Gasteiger charge is -2.26. The van der Waals surface area contributed by atoms with Gasteiger partial charge in [-0.3, -0.25) is 0 Å². The van der Waals surface area contributed by atoms with Gasteiger partial charge in [-0.05, 0) is 30.4 Å². The molecule has 0 aliphatic rings. The van der Waals surface area contributed by atoms with E-state index in [1.165, 1.54) is 0 Å². The first-order valence-electron chi connectivity index (χ1n) is 6.82. The molecule has 0 unspecified atom stereocenters. The van der Waals surface area contributed by atoms with E-state index in [-0.39, 0.29) is 5.28 Å². The Morgan fingerprint density at radius 3 is 2.11 bits per heavy atom. The molecular formula is C13H24ClN5. The second-order valence-electron chi connectivity index (χ2n) is 5.45. The highest BCUT2D eigenvalue weighted by atomic mass is 35.5. The molecular weight excluding hydrogens is 262 g/mol. The first kappa shape index (κ1) is 16.0. The second kappa shape index (κ2) is 7.48. The number of halogens is 1. The molecule has 1 rings (SSSR count). The van der Waals surface area contributed by atoms with Gasteiger partial charge >= 0.3 is 0 Å². The smallest absolute Gasteiger partial charge is 0.231 e. The summed E-state index contributed by atoms with van der Waals surface area (Å²) in [6, 6.07) is 0. The Morgan fingerprint density at radius 2 is 1.63 bits per heavy atom. The van der Waals surface area contributed by atoms with E-state index in [2.05, 4.69) is 52.9 Å². The lowest BCUT2D eigenvalue weighted by atomic mass is 10.1. The molecule has 0 saturated heterocycles. The fourth-order valence-corrected chi connectivity index (χ4v) is 1.99. The van der Waals surface area contributed by atoms with Crippen molar-refractivity contribution in [3.63, 3.8) is 0 Å². The van der Waals surface area contributed by atoms with Crippen molar-refractivity contribution in [2.45, 2.75) is 34.6 Å². The van der Waals surface area contributed by atoms with Crippen LogP contribution >= 0.6 is 11.6 Å². The van der Waals surface area contributed by atoms with Crippen molar-refractivity contribution in [2.75, 3.05) is 29.9 Å². The lowest BCUT2D eigenvalue weighted by molar-refractivity contribution is 0.543. The van der Waals surface area contributed by atoms with Gasteiger partial charge in [0.1, 0.15) is 0 Å². The molecule has 0 fully saturated rings. The Morgan fingerprint density at radius 1 is 1.05 bits per heavy atom. The van der Waals surface area contributed by atoms with Gasteiger partial charge in [-0.15, -0.1) is 0 Å². The summed E-state index contributed by atoms with van der Waals surface area (Å²) in [6.45, 7) is 13.3. The van der Waals surface area contributed by atoms with Gasteiger partial charge in [0.25, 0.3) is 0 Å². The Hall–Kier alpha value is -1.10. The zero-order valence-electron chi connectivity index (χ0n) is 12.4. The fourth-order valence-electron chi connectivity index (χ4n) is 1.84. The number of nitrogens with one attached hydrogen (secondary N) is 1. The summed E-state index contributed by atoms with van der Waals surface area (Å²) in [7, 11) is 0. The average molecular weight is 286 g/mol. The second-order valence-corrected chi connectivity index (χ2v) is 5.79. The molecule has 0 aliphatic heterocycles. The standard InChI is InChI=1S/C13H24ClN5/c1-6-15-12-16-11(14)17-13(18-12)19(7-9(2)3)8-10(4)5/h9-10H,6-8H2,1-5H3,(H,15,16,17,18). The largest absolute Gasteiger partial charge is 0.354 e. The first-order chi connectivity index (χ1) is 8.92. The normalized spacial score (nSPS) is 11.2. The third-order valence-electron chi connectivity index (χ3n) is 2.39. The predicted octanol–water partition coefficient (Wildman–Crippen LogP) is 3.08. The van der Waals surface area contributed by atoms with E-state index in [9.17, 15) is 0 Å². The van der Waals surface area contributed by atoms with Crippen LogP contribution in [0.5, 0.6) is 0 Å². The van der Waals surface area contributed by atoms with Crippen molar-refractivity contribution in [2.24, 2.45) is 11.8 Å². The number of aromatic nitrogens is 3. The third-order valence-corrected chi connectivity index (χ3v) is 2.55. The SMILES string of the molecule is CCNc1nc(Cl)nc(N(CC(C)C)CC(C)C)n1. The van der Waals surface area contributed by atoms with Gasteiger partial charge in [-0.2, -0.15) is 15.0 Å². The Labute approximate surface area is 120 Å². The molecule has 19 heavy (non-hydrogen) atoms. The topological polar surface area (TPSA) is 53.9 Å². The van der Waals surface area contributed by atoms with E-state index in [1.54, 1.807) is 0 Å². The predicted molar refractivity (Wildman–Crippen MR) is 80.9 cm³/mol. The lowest BCUT2D eigenvalue weighted by Crippen LogP contribution is -2.33. The van der Waals surface area contributed by atoms with Crippen LogP contribution in [-0.2, 0) is 0 Å². The first-order valence-corrected chi connectivity index (χ1v) is 7.20. The molecule has 0 radical (unpaired) electrons. The minimum absolute atomic E-state index is 0.235. The molecule has 1 aromatic heterocycles. The maximum absolute atomic E-state index is 5.97. The van der Waals surface area contributed by atoms with E-state index < -0.39 is 0 Å². The summed E-state index contributed by atoms with van der Waals surface area (Å²) >= 11 is 5.97. The van der Waals surface area contributed by atoms with Crippen molar-refractivity contribution in [3.8, 4) is 0 Å². The third kappa shape index (κ3) is 5.59. The van der Waals surface area contributed by atoms with Gasteiger partial charge in [0.05, 0.1) is 0 Å². The van der Waals surface area contributed by atoms with Gasteiger partial charge in [0.15, 0.2) is 0 Å². The summed E-state index contributed by atoms with van der Waals surface area (Å²) in [5, 5.41) is 3.31. The van der Waals surface area contributed by atoms with Gasteiger partial charge in [-0.1, -0.05) is 27.7 Å². The number of hydrogen-bond acceptors (Lipinski definition) is 5. The molecule has 0 bridgehead atoms. The summed E-state index contributed by atoms with van der Waals surface area (Å²) in [4.78, 5) is 14.9. The Kier molecular flexibility index (Phi) is 6.28. The van der Waals surface area contributed by atoms with Crippen molar-refractivity contribution >= 4 is 23.5 Å². The minimum atomic E-state index is 0.235. The van der Waals surface area contributed by atoms with E-state index in [0.29, 0.717) is 23.7 Å². The zero-order chi connectivity index (χ0) is 14.4. The Bertz CT molecular complexity index is 385. The van der Waals surface area contributed by atoms with Crippen LogP contribution < -0.4 is 10.2 Å². The summed E-state index contributed by atoms with van der Waals surface area (Å²) in [5.41, 5.74) is 0. The molecule has 0 aromatic carbocycles. The number of anilines is 2. The quantitative estimate of drug-likeness (QED) is 0.834. The summed E-state index contributed by atoms with van der Waals surface area (Å²) in [5.74, 6) is 2.27. The molecule has 0 atom stereocenters. The van der Waals surface area contributed by atoms with Crippen LogP contribution in [0.2, 0.25) is 5.28 Å². The van der Waals surface area contributed by atoms with Crippen LogP contribution in [0.3, 0.4) is 0 Å². The molecule has 0 aliphatic carbocycles. The van der Waals surface area contributed by atoms with E-state index in [0.717, 1.165) is 19.6 Å². The fraction of sp³-hybridized carbons (Fsp3) is 0.769. The van der Waals surface area contributed by atoms with Gasteiger partial charge in [0, 0.05) is 19.6 Å². The van der Waals surface area contributed by atoms with Gasteiger partial charge < -0.3 is 10.2 Å². The van der Waals surface area contributed by atoms with Gasteiger partial charge in [0.2, 0.25) is 17.2 Å². The van der Waals surface area contributed by atoms with Crippen LogP contribution in [0.1, 0.15) is 34.6 Å². The van der Waals surface area contributed by atoms with E-state index in [1.807, 2.05) is 6.92 Å². The highest BCUT2D eigenvalue weighted by Gasteiger charge is 2.15. The van der Waals surface area contributed by atoms with Crippen molar-refractivity contribution < 1.29 is 0 Å². The molecule has 0 spiro atoms. The van der Waals surface area contributed by atoms with Crippen molar-refractivity contribution in [1.82, 2.24) is 15.0 Å². The van der Waals surface area contributed by atoms with E-state index in [4.69, 9.17) is 11.6 Å². The van der Waals surface area contributed by atoms with Crippen LogP contribution in [0.25, 0.3) is 0 Å². The van der Waals surface area contributed by atoms with Crippen molar-refractivity contribution in [1.29, 1.82) is 0 Å². The number of rotatable bonds is 7. The van der Waals surface area contributed by atoms with Gasteiger partial charge in [-0.25, -0.2) is 0 Å². The molecule has 1 heterocycles. The van der Waals surface area contributed by atoms with Crippen molar-refractivity contribution in [3.05, 3.63) is 5.28 Å². The Balaban J connectivity index is 2.99. The van der Waals surface area contributed by atoms with Crippen LogP contribution in [0.15, 0.2) is 0 Å². The van der Waals surface area contributed by atoms with E-state index >= 15 is 0 Å². The van der Waals surface area contributed by atoms with Crippen LogP contribution in [0, 0.1) is 11.8 Å². The number of hydrogen-bond donors (Lipinski definition) is 1.